The molecule has 1 atom stereocenters. The molecule has 1 aliphatic heterocycles. The molecular weight excluding hydrogens is 621 g/mol. The number of likely N-dealkylation sites (tertiary alicyclic amines) is 1. The van der Waals surface area contributed by atoms with Crippen molar-refractivity contribution in [2.45, 2.75) is 38.8 Å². The van der Waals surface area contributed by atoms with Crippen LogP contribution in [0.1, 0.15) is 36.1 Å². The van der Waals surface area contributed by atoms with Crippen LogP contribution in [0.4, 0.5) is 0 Å². The summed E-state index contributed by atoms with van der Waals surface area (Å²) in [5, 5.41) is 13.1. The Kier molecular flexibility index (Phi) is 8.58. The van der Waals surface area contributed by atoms with Crippen molar-refractivity contribution in [2.75, 3.05) is 11.5 Å². The molecule has 1 fully saturated rings. The summed E-state index contributed by atoms with van der Waals surface area (Å²) in [5.41, 5.74) is 10.6. The van der Waals surface area contributed by atoms with E-state index in [2.05, 4.69) is 15.2 Å². The number of hydrogen-bond acceptors (Lipinski definition) is 6. The first kappa shape index (κ1) is 27.6. The standard InChI is InChI=1S/C29H31IN7O3/c1-20-16-21(11-13-26(20)40-19-23-18-37(30-2)34-32-23)28-22(17-36(33-28)24-8-4-3-5-9-24)12-14-27(38)35-15-7-6-10-25(35)29(31)39/h3-5,8-9,11-14,16-18,25H,6-7,10,15,19H2,1-2H3,(H2,31,39)/q-1/b14-12+/t25-/m0/s1. The summed E-state index contributed by atoms with van der Waals surface area (Å²) in [4.78, 5) is 28.7. The molecule has 3 heterocycles. The molecule has 0 spiro atoms. The molecule has 40 heavy (non-hydrogen) atoms. The van der Waals surface area contributed by atoms with Gasteiger partial charge in [-0.25, -0.2) is 0 Å². The normalized spacial score (nSPS) is 15.6. The summed E-state index contributed by atoms with van der Waals surface area (Å²) in [6.45, 7) is 2.84. The SMILES string of the molecule is C[I-]n1cc(COc2ccc(-c3nn(-c4ccccc4)cc3/C=C/C(=O)N3CCCC[C@H]3C(N)=O)cc2C)nn1. The number of hydrogen-bond donors (Lipinski definition) is 1. The molecule has 208 valence electrons. The van der Waals surface area contributed by atoms with Crippen molar-refractivity contribution < 1.29 is 35.8 Å². The van der Waals surface area contributed by atoms with Gasteiger partial charge in [0.25, 0.3) is 0 Å². The average Bonchev–Trinajstić information content (AvgIpc) is 3.63. The number of ether oxygens (including phenoxy) is 1. The number of rotatable bonds is 9. The van der Waals surface area contributed by atoms with Gasteiger partial charge in [-0.2, -0.15) is 0 Å². The van der Waals surface area contributed by atoms with Crippen molar-refractivity contribution >= 4 is 17.9 Å². The number of carbonyl (C=O) groups is 2. The van der Waals surface area contributed by atoms with Crippen molar-refractivity contribution in [2.24, 2.45) is 5.73 Å². The molecule has 4 aromatic rings. The van der Waals surface area contributed by atoms with E-state index in [1.54, 1.807) is 15.7 Å². The van der Waals surface area contributed by atoms with Gasteiger partial charge in [0.15, 0.2) is 0 Å². The van der Waals surface area contributed by atoms with Crippen LogP contribution in [-0.2, 0) is 16.2 Å². The molecule has 2 N–H and O–H groups in total. The Morgan fingerprint density at radius 2 is 1.98 bits per heavy atom. The molecule has 0 saturated carbocycles. The van der Waals surface area contributed by atoms with Crippen LogP contribution in [0.2, 0.25) is 0 Å². The summed E-state index contributed by atoms with van der Waals surface area (Å²) in [6, 6.07) is 15.1. The van der Waals surface area contributed by atoms with Gasteiger partial charge in [-0.05, 0) is 31.4 Å². The van der Waals surface area contributed by atoms with Crippen LogP contribution < -0.4 is 31.9 Å². The number of piperidine rings is 1. The molecule has 1 aliphatic rings. The molecule has 1 saturated heterocycles. The molecule has 10 nitrogen and oxygen atoms in total. The molecule has 11 heteroatoms. The third kappa shape index (κ3) is 6.24. The zero-order valence-electron chi connectivity index (χ0n) is 22.4. The van der Waals surface area contributed by atoms with Gasteiger partial charge in [0.2, 0.25) is 11.8 Å². The third-order valence-corrected chi connectivity index (χ3v) is 8.25. The molecule has 0 radical (unpaired) electrons. The first-order chi connectivity index (χ1) is 19.4. The Balaban J connectivity index is 1.42. The average molecular weight is 653 g/mol. The molecule has 2 aromatic heterocycles. The van der Waals surface area contributed by atoms with Crippen molar-refractivity contribution in [1.29, 1.82) is 0 Å². The van der Waals surface area contributed by atoms with Gasteiger partial charge in [0.05, 0.1) is 5.69 Å². The maximum atomic E-state index is 13.1. The van der Waals surface area contributed by atoms with Gasteiger partial charge in [0.1, 0.15) is 6.04 Å². The fourth-order valence-electron chi connectivity index (χ4n) is 4.73. The van der Waals surface area contributed by atoms with Crippen molar-refractivity contribution in [3.8, 4) is 22.7 Å². The number of primary amides is 1. The molecule has 0 aliphatic carbocycles. The summed E-state index contributed by atoms with van der Waals surface area (Å²) in [6.07, 6.45) is 9.42. The maximum absolute atomic E-state index is 13.1. The summed E-state index contributed by atoms with van der Waals surface area (Å²) in [7, 11) is 0. The fraction of sp³-hybridized carbons (Fsp3) is 0.276. The first-order valence-electron chi connectivity index (χ1n) is 13.0. The summed E-state index contributed by atoms with van der Waals surface area (Å²) >= 11 is -0.181. The van der Waals surface area contributed by atoms with Crippen LogP contribution in [0.5, 0.6) is 5.75 Å². The van der Waals surface area contributed by atoms with Gasteiger partial charge in [-0.15, -0.1) is 0 Å². The second-order valence-electron chi connectivity index (χ2n) is 9.53. The number of halogens is 1. The molecule has 0 unspecified atom stereocenters. The molecule has 2 amide bonds. The van der Waals surface area contributed by atoms with E-state index in [-0.39, 0.29) is 27.4 Å². The zero-order valence-corrected chi connectivity index (χ0v) is 24.6. The number of aromatic nitrogens is 5. The monoisotopic (exact) mass is 652 g/mol. The molecule has 2 aromatic carbocycles. The number of nitrogens with zero attached hydrogens (tertiary/aromatic N) is 6. The van der Waals surface area contributed by atoms with Crippen molar-refractivity contribution in [3.63, 3.8) is 0 Å². The van der Waals surface area contributed by atoms with Crippen LogP contribution in [0, 0.1) is 6.92 Å². The number of para-hydroxylation sites is 1. The fourth-order valence-corrected chi connectivity index (χ4v) is 5.62. The van der Waals surface area contributed by atoms with E-state index < -0.39 is 11.9 Å². The minimum atomic E-state index is -0.569. The number of carbonyl (C=O) groups excluding carboxylic acids is 2. The number of aryl methyl sites for hydroxylation is 1. The summed E-state index contributed by atoms with van der Waals surface area (Å²) in [5.74, 6) is 0.0547. The van der Waals surface area contributed by atoms with E-state index >= 15 is 0 Å². The second-order valence-corrected chi connectivity index (χ2v) is 11.5. The van der Waals surface area contributed by atoms with E-state index in [0.29, 0.717) is 19.6 Å². The Labute approximate surface area is 243 Å². The Bertz CT molecular complexity index is 1530. The van der Waals surface area contributed by atoms with Crippen LogP contribution >= 0.6 is 0 Å². The van der Waals surface area contributed by atoms with Crippen molar-refractivity contribution in [1.82, 2.24) is 27.9 Å². The molecule has 0 bridgehead atoms. The van der Waals surface area contributed by atoms with E-state index in [0.717, 1.165) is 52.4 Å². The Hall–Kier alpha value is -4.00. The third-order valence-electron chi connectivity index (χ3n) is 6.79. The van der Waals surface area contributed by atoms with Crippen LogP contribution in [-0.4, -0.2) is 57.2 Å². The van der Waals surface area contributed by atoms with Gasteiger partial charge >= 0.3 is 138 Å². The molecular formula is C29H31IN7O3-. The number of amides is 2. The molecule has 5 rings (SSSR count). The Morgan fingerprint density at radius 1 is 1.15 bits per heavy atom. The zero-order chi connectivity index (χ0) is 28.1. The van der Waals surface area contributed by atoms with Crippen molar-refractivity contribution in [3.05, 3.63) is 83.8 Å². The quantitative estimate of drug-likeness (QED) is 0.159. The van der Waals surface area contributed by atoms with E-state index in [9.17, 15) is 9.59 Å². The van der Waals surface area contributed by atoms with Gasteiger partial charge < -0.3 is 10.6 Å². The van der Waals surface area contributed by atoms with Gasteiger partial charge in [-0.1, -0.05) is 18.2 Å². The number of benzene rings is 2. The number of alkyl halides is 1. The van der Waals surface area contributed by atoms with Gasteiger partial charge in [0, 0.05) is 12.6 Å². The predicted molar refractivity (Wildman–Crippen MR) is 147 cm³/mol. The predicted octanol–water partition coefficient (Wildman–Crippen LogP) is 0.380. The van der Waals surface area contributed by atoms with Gasteiger partial charge in [-0.3, -0.25) is 9.59 Å². The van der Waals surface area contributed by atoms with Crippen LogP contribution in [0.15, 0.2) is 67.0 Å². The van der Waals surface area contributed by atoms with E-state index in [1.807, 2.05) is 70.7 Å². The van der Waals surface area contributed by atoms with Crippen LogP contribution in [0.25, 0.3) is 23.0 Å². The van der Waals surface area contributed by atoms with E-state index in [4.69, 9.17) is 15.6 Å². The van der Waals surface area contributed by atoms with E-state index in [1.165, 1.54) is 6.08 Å². The summed E-state index contributed by atoms with van der Waals surface area (Å²) < 4.78 is 9.69. The first-order valence-corrected chi connectivity index (χ1v) is 16.1. The minimum absolute atomic E-state index is 0.181. The topological polar surface area (TPSA) is 121 Å². The second kappa shape index (κ2) is 12.5. The Morgan fingerprint density at radius 3 is 2.70 bits per heavy atom. The van der Waals surface area contributed by atoms with Crippen LogP contribution in [0.3, 0.4) is 0 Å². The number of nitrogens with two attached hydrogens (primary N) is 1.